The normalized spacial score (nSPS) is 16.1. The number of nitrogens with zero attached hydrogens (tertiary/aromatic N) is 1. The number of benzene rings is 2. The van der Waals surface area contributed by atoms with Gasteiger partial charge in [0.15, 0.2) is 0 Å². The Labute approximate surface area is 168 Å². The van der Waals surface area contributed by atoms with E-state index in [0.29, 0.717) is 18.8 Å². The van der Waals surface area contributed by atoms with Crippen molar-refractivity contribution in [3.05, 3.63) is 78.0 Å². The molecule has 1 unspecified atom stereocenters. The number of ether oxygens (including phenoxy) is 2. The van der Waals surface area contributed by atoms with E-state index in [1.54, 1.807) is 6.20 Å². The van der Waals surface area contributed by atoms with Gasteiger partial charge >= 0.3 is 5.97 Å². The first-order valence-electron chi connectivity index (χ1n) is 10.00. The van der Waals surface area contributed by atoms with Crippen molar-refractivity contribution in [3.8, 4) is 0 Å². The van der Waals surface area contributed by atoms with E-state index < -0.39 is 0 Å². The highest BCUT2D eigenvalue weighted by molar-refractivity contribution is 6.06. The van der Waals surface area contributed by atoms with Crippen LogP contribution in [-0.4, -0.2) is 29.2 Å². The summed E-state index contributed by atoms with van der Waals surface area (Å²) in [5.74, 6) is -0.0463. The van der Waals surface area contributed by atoms with Crippen LogP contribution in [0.3, 0.4) is 0 Å². The molecule has 4 aromatic rings. The van der Waals surface area contributed by atoms with Crippen molar-refractivity contribution >= 4 is 27.9 Å². The van der Waals surface area contributed by atoms with Crippen LogP contribution in [0.4, 0.5) is 0 Å². The number of hydrogen-bond acceptors (Lipinski definition) is 4. The summed E-state index contributed by atoms with van der Waals surface area (Å²) in [6, 6.07) is 19.5. The molecule has 1 saturated heterocycles. The molecular weight excluding hydrogens is 364 g/mol. The van der Waals surface area contributed by atoms with Crippen LogP contribution in [0.1, 0.15) is 34.9 Å². The molecule has 5 rings (SSSR count). The average molecular weight is 386 g/mol. The quantitative estimate of drug-likeness (QED) is 0.499. The molecule has 0 saturated carbocycles. The molecule has 29 heavy (non-hydrogen) atoms. The van der Waals surface area contributed by atoms with Crippen molar-refractivity contribution in [2.24, 2.45) is 5.92 Å². The number of H-pyrrole nitrogens is 1. The molecule has 1 aliphatic rings. The maximum absolute atomic E-state index is 13.0. The number of fused-ring (bicyclic) bond motifs is 3. The van der Waals surface area contributed by atoms with Gasteiger partial charge in [-0.15, -0.1) is 0 Å². The van der Waals surface area contributed by atoms with E-state index in [1.165, 1.54) is 0 Å². The number of nitrogens with one attached hydrogen (secondary N) is 1. The fraction of sp³-hybridized carbons (Fsp3) is 0.250. The largest absolute Gasteiger partial charge is 0.454 e. The molecule has 5 nitrogen and oxygen atoms in total. The molecule has 1 N–H and O–H groups in total. The number of hydrogen-bond donors (Lipinski definition) is 1. The molecule has 2 aromatic heterocycles. The highest BCUT2D eigenvalue weighted by Gasteiger charge is 2.29. The maximum atomic E-state index is 13.0. The zero-order valence-electron chi connectivity index (χ0n) is 16.0. The van der Waals surface area contributed by atoms with Gasteiger partial charge in [-0.1, -0.05) is 30.3 Å². The van der Waals surface area contributed by atoms with E-state index in [2.05, 4.69) is 9.97 Å². The molecule has 0 spiro atoms. The van der Waals surface area contributed by atoms with E-state index >= 15 is 0 Å². The number of pyridine rings is 1. The lowest BCUT2D eigenvalue weighted by Crippen LogP contribution is -2.26. The van der Waals surface area contributed by atoms with Gasteiger partial charge in [-0.05, 0) is 48.7 Å². The topological polar surface area (TPSA) is 64.2 Å². The Morgan fingerprint density at radius 1 is 1.03 bits per heavy atom. The Balaban J connectivity index is 1.45. The van der Waals surface area contributed by atoms with Gasteiger partial charge in [-0.2, -0.15) is 0 Å². The molecule has 0 aliphatic carbocycles. The minimum atomic E-state index is -0.307. The lowest BCUT2D eigenvalue weighted by molar-refractivity contribution is -0.0194. The zero-order valence-corrected chi connectivity index (χ0v) is 16.0. The third-order valence-electron chi connectivity index (χ3n) is 5.64. The lowest BCUT2D eigenvalue weighted by Gasteiger charge is -2.30. The standard InChI is InChI=1S/C24H22N2O3/c27-24(18-8-9-19-21(15-18)26-20-7-4-12-25-22(19)20)29-23(16-5-2-1-3-6-16)17-10-13-28-14-11-17/h1-9,12,15,17,23,26H,10-11,13-14H2. The van der Waals surface area contributed by atoms with Crippen molar-refractivity contribution in [2.45, 2.75) is 18.9 Å². The van der Waals surface area contributed by atoms with Crippen LogP contribution >= 0.6 is 0 Å². The van der Waals surface area contributed by atoms with E-state index in [-0.39, 0.29) is 18.0 Å². The molecule has 0 bridgehead atoms. The van der Waals surface area contributed by atoms with Crippen LogP contribution in [0.5, 0.6) is 0 Å². The van der Waals surface area contributed by atoms with Gasteiger partial charge in [0.05, 0.1) is 16.6 Å². The van der Waals surface area contributed by atoms with Gasteiger partial charge in [0.25, 0.3) is 0 Å². The Morgan fingerprint density at radius 2 is 1.86 bits per heavy atom. The molecule has 146 valence electrons. The fourth-order valence-electron chi connectivity index (χ4n) is 4.13. The smallest absolute Gasteiger partial charge is 0.338 e. The Bertz CT molecular complexity index is 1150. The van der Waals surface area contributed by atoms with Crippen LogP contribution in [0.25, 0.3) is 21.9 Å². The summed E-state index contributed by atoms with van der Waals surface area (Å²) < 4.78 is 11.6. The predicted octanol–water partition coefficient (Wildman–Crippen LogP) is 5.04. The van der Waals surface area contributed by atoms with Crippen molar-refractivity contribution in [1.82, 2.24) is 9.97 Å². The number of carbonyl (C=O) groups excluding carboxylic acids is 1. The minimum absolute atomic E-state index is 0.260. The second kappa shape index (κ2) is 7.68. The lowest BCUT2D eigenvalue weighted by atomic mass is 9.89. The summed E-state index contributed by atoms with van der Waals surface area (Å²) in [6.45, 7) is 1.42. The van der Waals surface area contributed by atoms with Gasteiger partial charge in [0.2, 0.25) is 0 Å². The van der Waals surface area contributed by atoms with Gasteiger partial charge in [0.1, 0.15) is 6.10 Å². The van der Waals surface area contributed by atoms with Crippen LogP contribution in [0.15, 0.2) is 66.9 Å². The maximum Gasteiger partial charge on any atom is 0.338 e. The Kier molecular flexibility index (Phi) is 4.74. The van der Waals surface area contributed by atoms with E-state index in [1.807, 2.05) is 60.7 Å². The van der Waals surface area contributed by atoms with Crippen molar-refractivity contribution in [1.29, 1.82) is 0 Å². The first-order chi connectivity index (χ1) is 14.3. The second-order valence-electron chi connectivity index (χ2n) is 7.47. The summed E-state index contributed by atoms with van der Waals surface area (Å²) in [5.41, 5.74) is 4.32. The number of aromatic nitrogens is 2. The molecule has 1 aliphatic heterocycles. The second-order valence-corrected chi connectivity index (χ2v) is 7.47. The Morgan fingerprint density at radius 3 is 2.69 bits per heavy atom. The molecule has 3 heterocycles. The molecule has 5 heteroatoms. The molecular formula is C24H22N2O3. The SMILES string of the molecule is O=C(OC(c1ccccc1)C1CCOCC1)c1ccc2c(c1)[nH]c1cccnc12. The number of rotatable bonds is 4. The van der Waals surface area contributed by atoms with Gasteiger partial charge in [-0.3, -0.25) is 4.98 Å². The van der Waals surface area contributed by atoms with Gasteiger partial charge in [0, 0.05) is 36.2 Å². The van der Waals surface area contributed by atoms with Crippen LogP contribution in [0.2, 0.25) is 0 Å². The third-order valence-corrected chi connectivity index (χ3v) is 5.64. The molecule has 2 aromatic carbocycles. The van der Waals surface area contributed by atoms with E-state index in [9.17, 15) is 4.79 Å². The average Bonchev–Trinajstić information content (AvgIpc) is 3.16. The Hall–Kier alpha value is -3.18. The van der Waals surface area contributed by atoms with E-state index in [4.69, 9.17) is 9.47 Å². The summed E-state index contributed by atoms with van der Waals surface area (Å²) in [5, 5.41) is 1.00. The zero-order chi connectivity index (χ0) is 19.6. The van der Waals surface area contributed by atoms with Crippen LogP contribution in [0, 0.1) is 5.92 Å². The van der Waals surface area contributed by atoms with Gasteiger partial charge in [-0.25, -0.2) is 4.79 Å². The highest BCUT2D eigenvalue weighted by Crippen LogP contribution is 2.34. The predicted molar refractivity (Wildman–Crippen MR) is 112 cm³/mol. The van der Waals surface area contributed by atoms with Crippen molar-refractivity contribution < 1.29 is 14.3 Å². The number of aromatic amines is 1. The monoisotopic (exact) mass is 386 g/mol. The first kappa shape index (κ1) is 17.9. The number of carbonyl (C=O) groups is 1. The molecule has 0 amide bonds. The minimum Gasteiger partial charge on any atom is -0.454 e. The third kappa shape index (κ3) is 3.49. The number of esters is 1. The summed E-state index contributed by atoms with van der Waals surface area (Å²) in [7, 11) is 0. The van der Waals surface area contributed by atoms with Gasteiger partial charge < -0.3 is 14.5 Å². The van der Waals surface area contributed by atoms with Crippen LogP contribution in [-0.2, 0) is 9.47 Å². The van der Waals surface area contributed by atoms with Crippen molar-refractivity contribution in [2.75, 3.05) is 13.2 Å². The molecule has 1 fully saturated rings. The molecule has 0 radical (unpaired) electrons. The van der Waals surface area contributed by atoms with E-state index in [0.717, 1.165) is 40.3 Å². The summed E-state index contributed by atoms with van der Waals surface area (Å²) in [6.07, 6.45) is 3.28. The first-order valence-corrected chi connectivity index (χ1v) is 10.00. The summed E-state index contributed by atoms with van der Waals surface area (Å²) in [4.78, 5) is 20.8. The fourth-order valence-corrected chi connectivity index (χ4v) is 4.13. The molecule has 1 atom stereocenters. The van der Waals surface area contributed by atoms with Crippen molar-refractivity contribution in [3.63, 3.8) is 0 Å². The highest BCUT2D eigenvalue weighted by atomic mass is 16.5. The summed E-state index contributed by atoms with van der Waals surface area (Å²) >= 11 is 0. The van der Waals surface area contributed by atoms with Crippen LogP contribution < -0.4 is 0 Å².